The van der Waals surface area contributed by atoms with Crippen LogP contribution in [-0.2, 0) is 11.3 Å². The third-order valence-corrected chi connectivity index (χ3v) is 2.75. The van der Waals surface area contributed by atoms with Gasteiger partial charge in [0.05, 0.1) is 19.3 Å². The van der Waals surface area contributed by atoms with Crippen LogP contribution in [0, 0.1) is 0 Å². The fraction of sp³-hybridized carbons (Fsp3) is 0.400. The molecule has 1 fully saturated rings. The Kier molecular flexibility index (Phi) is 3.05. The summed E-state index contributed by atoms with van der Waals surface area (Å²) in [5, 5.41) is 12.8. The second-order valence-electron chi connectivity index (χ2n) is 3.39. The molecule has 1 aliphatic rings. The van der Waals surface area contributed by atoms with Crippen molar-refractivity contribution in [1.82, 2.24) is 5.32 Å². The predicted molar refractivity (Wildman–Crippen MR) is 57.3 cm³/mol. The summed E-state index contributed by atoms with van der Waals surface area (Å²) in [6.07, 6.45) is 0. The summed E-state index contributed by atoms with van der Waals surface area (Å²) in [6.45, 7) is 2.23. The lowest BCUT2D eigenvalue weighted by Crippen LogP contribution is -2.45. The maximum absolute atomic E-state index is 9.55. The van der Waals surface area contributed by atoms with Crippen molar-refractivity contribution in [2.24, 2.45) is 0 Å². The van der Waals surface area contributed by atoms with Gasteiger partial charge in [0.15, 0.2) is 0 Å². The lowest BCUT2D eigenvalue weighted by atomic mass is 10.2. The summed E-state index contributed by atoms with van der Waals surface area (Å²) in [5.41, 5.74) is 0.909. The molecule has 0 amide bonds. The number of benzene rings is 1. The highest BCUT2D eigenvalue weighted by Gasteiger charge is 2.17. The highest BCUT2D eigenvalue weighted by Crippen LogP contribution is 2.21. The van der Waals surface area contributed by atoms with Gasteiger partial charge in [-0.3, -0.25) is 0 Å². The molecule has 14 heavy (non-hydrogen) atoms. The standard InChI is InChI=1S/C10H12BrNO2/c11-8-1-2-10(13)7(3-8)4-12-9-5-14-6-9/h1-3,9,12-13H,4-6H2. The first-order valence-corrected chi connectivity index (χ1v) is 5.33. The van der Waals surface area contributed by atoms with Crippen LogP contribution in [0.2, 0.25) is 0 Å². The molecule has 0 aliphatic carbocycles. The SMILES string of the molecule is Oc1ccc(Br)cc1CNC1COC1. The van der Waals surface area contributed by atoms with E-state index in [2.05, 4.69) is 21.2 Å². The van der Waals surface area contributed by atoms with Crippen molar-refractivity contribution in [3.8, 4) is 5.75 Å². The van der Waals surface area contributed by atoms with Crippen LogP contribution in [0.4, 0.5) is 0 Å². The Morgan fingerprint density at radius 3 is 2.93 bits per heavy atom. The fourth-order valence-corrected chi connectivity index (χ4v) is 1.71. The summed E-state index contributed by atoms with van der Waals surface area (Å²) in [4.78, 5) is 0. The maximum atomic E-state index is 9.55. The van der Waals surface area contributed by atoms with E-state index in [-0.39, 0.29) is 0 Å². The van der Waals surface area contributed by atoms with Gasteiger partial charge in [0.2, 0.25) is 0 Å². The molecule has 3 nitrogen and oxygen atoms in total. The molecule has 1 aromatic carbocycles. The number of phenols is 1. The Balaban J connectivity index is 1.96. The number of ether oxygens (including phenoxy) is 1. The van der Waals surface area contributed by atoms with Crippen LogP contribution < -0.4 is 5.32 Å². The van der Waals surface area contributed by atoms with Crippen LogP contribution in [0.1, 0.15) is 5.56 Å². The highest BCUT2D eigenvalue weighted by molar-refractivity contribution is 9.10. The Morgan fingerprint density at radius 2 is 2.29 bits per heavy atom. The maximum Gasteiger partial charge on any atom is 0.120 e. The summed E-state index contributed by atoms with van der Waals surface area (Å²) in [5.74, 6) is 0.334. The lowest BCUT2D eigenvalue weighted by Gasteiger charge is -2.27. The number of phenolic OH excluding ortho intramolecular Hbond substituents is 1. The molecular formula is C10H12BrNO2. The van der Waals surface area contributed by atoms with Gasteiger partial charge in [-0.1, -0.05) is 15.9 Å². The van der Waals surface area contributed by atoms with Crippen molar-refractivity contribution in [3.63, 3.8) is 0 Å². The van der Waals surface area contributed by atoms with Crippen molar-refractivity contribution in [1.29, 1.82) is 0 Å². The first-order chi connectivity index (χ1) is 6.75. The Hall–Kier alpha value is -0.580. The minimum absolute atomic E-state index is 0.334. The molecule has 1 aliphatic heterocycles. The minimum atomic E-state index is 0.334. The number of hydrogen-bond donors (Lipinski definition) is 2. The molecule has 2 N–H and O–H groups in total. The van der Waals surface area contributed by atoms with E-state index in [0.29, 0.717) is 18.3 Å². The smallest absolute Gasteiger partial charge is 0.120 e. The van der Waals surface area contributed by atoms with Gasteiger partial charge < -0.3 is 15.2 Å². The third-order valence-electron chi connectivity index (χ3n) is 2.26. The summed E-state index contributed by atoms with van der Waals surface area (Å²) in [6, 6.07) is 5.87. The van der Waals surface area contributed by atoms with Crippen LogP contribution in [0.25, 0.3) is 0 Å². The molecular weight excluding hydrogens is 246 g/mol. The quantitative estimate of drug-likeness (QED) is 0.866. The predicted octanol–water partition coefficient (Wildman–Crippen LogP) is 1.64. The molecule has 0 aromatic heterocycles. The van der Waals surface area contributed by atoms with E-state index in [4.69, 9.17) is 4.74 Å². The molecule has 1 saturated heterocycles. The van der Waals surface area contributed by atoms with E-state index < -0.39 is 0 Å². The lowest BCUT2D eigenvalue weighted by molar-refractivity contribution is -0.00585. The van der Waals surface area contributed by atoms with Crippen LogP contribution in [0.15, 0.2) is 22.7 Å². The monoisotopic (exact) mass is 257 g/mol. The average Bonchev–Trinajstić information content (AvgIpc) is 2.08. The van der Waals surface area contributed by atoms with Crippen molar-refractivity contribution < 1.29 is 9.84 Å². The Labute approximate surface area is 91.2 Å². The van der Waals surface area contributed by atoms with Gasteiger partial charge in [-0.2, -0.15) is 0 Å². The fourth-order valence-electron chi connectivity index (χ4n) is 1.30. The van der Waals surface area contributed by atoms with E-state index in [0.717, 1.165) is 23.2 Å². The zero-order valence-corrected chi connectivity index (χ0v) is 9.25. The topological polar surface area (TPSA) is 41.5 Å². The number of aromatic hydroxyl groups is 1. The molecule has 0 saturated carbocycles. The van der Waals surface area contributed by atoms with Crippen LogP contribution in [0.5, 0.6) is 5.75 Å². The molecule has 0 spiro atoms. The number of hydrogen-bond acceptors (Lipinski definition) is 3. The highest BCUT2D eigenvalue weighted by atomic mass is 79.9. The number of halogens is 1. The first-order valence-electron chi connectivity index (χ1n) is 4.54. The molecule has 0 radical (unpaired) electrons. The summed E-state index contributed by atoms with van der Waals surface area (Å²) >= 11 is 3.37. The van der Waals surface area contributed by atoms with Crippen molar-refractivity contribution in [3.05, 3.63) is 28.2 Å². The zero-order chi connectivity index (χ0) is 9.97. The van der Waals surface area contributed by atoms with Crippen LogP contribution in [-0.4, -0.2) is 24.4 Å². The van der Waals surface area contributed by atoms with Crippen LogP contribution in [0.3, 0.4) is 0 Å². The Bertz CT molecular complexity index is 326. The van der Waals surface area contributed by atoms with Gasteiger partial charge >= 0.3 is 0 Å². The molecule has 0 bridgehead atoms. The summed E-state index contributed by atoms with van der Waals surface area (Å²) < 4.78 is 6.03. The van der Waals surface area contributed by atoms with E-state index in [1.54, 1.807) is 6.07 Å². The molecule has 1 aromatic rings. The van der Waals surface area contributed by atoms with E-state index >= 15 is 0 Å². The minimum Gasteiger partial charge on any atom is -0.508 e. The van der Waals surface area contributed by atoms with Crippen molar-refractivity contribution in [2.45, 2.75) is 12.6 Å². The number of nitrogens with one attached hydrogen (secondary N) is 1. The molecule has 76 valence electrons. The molecule has 0 atom stereocenters. The third kappa shape index (κ3) is 2.26. The molecule has 2 rings (SSSR count). The second-order valence-corrected chi connectivity index (χ2v) is 4.30. The van der Waals surface area contributed by atoms with Gasteiger partial charge in [0.25, 0.3) is 0 Å². The van der Waals surface area contributed by atoms with E-state index in [9.17, 15) is 5.11 Å². The van der Waals surface area contributed by atoms with Crippen molar-refractivity contribution in [2.75, 3.05) is 13.2 Å². The van der Waals surface area contributed by atoms with Crippen LogP contribution >= 0.6 is 15.9 Å². The normalized spacial score (nSPS) is 16.6. The van der Waals surface area contributed by atoms with E-state index in [1.165, 1.54) is 0 Å². The van der Waals surface area contributed by atoms with Crippen molar-refractivity contribution >= 4 is 15.9 Å². The van der Waals surface area contributed by atoms with Gasteiger partial charge in [0, 0.05) is 16.6 Å². The average molecular weight is 258 g/mol. The molecule has 1 heterocycles. The van der Waals surface area contributed by atoms with Gasteiger partial charge in [-0.15, -0.1) is 0 Å². The second kappa shape index (κ2) is 4.29. The summed E-state index contributed by atoms with van der Waals surface area (Å²) in [7, 11) is 0. The largest absolute Gasteiger partial charge is 0.508 e. The molecule has 0 unspecified atom stereocenters. The van der Waals surface area contributed by atoms with Gasteiger partial charge in [0.1, 0.15) is 5.75 Å². The van der Waals surface area contributed by atoms with E-state index in [1.807, 2.05) is 12.1 Å². The first kappa shape index (κ1) is 9.96. The zero-order valence-electron chi connectivity index (χ0n) is 7.66. The van der Waals surface area contributed by atoms with Gasteiger partial charge in [-0.05, 0) is 18.2 Å². The van der Waals surface area contributed by atoms with Gasteiger partial charge in [-0.25, -0.2) is 0 Å². The Morgan fingerprint density at radius 1 is 1.50 bits per heavy atom. The number of rotatable bonds is 3. The molecule has 4 heteroatoms.